The quantitative estimate of drug-likeness (QED) is 0.773. The topological polar surface area (TPSA) is 24.9 Å². The van der Waals surface area contributed by atoms with E-state index < -0.39 is 0 Å². The van der Waals surface area contributed by atoms with E-state index >= 15 is 0 Å². The maximum absolute atomic E-state index is 6.34. The molecule has 0 aliphatic carbocycles. The number of hydrogen-bond acceptors (Lipinski definition) is 3. The van der Waals surface area contributed by atoms with Crippen LogP contribution in [0.3, 0.4) is 0 Å². The van der Waals surface area contributed by atoms with Crippen LogP contribution in [0.5, 0.6) is 0 Å². The first kappa shape index (κ1) is 16.6. The second kappa shape index (κ2) is 8.04. The van der Waals surface area contributed by atoms with Crippen LogP contribution in [-0.4, -0.2) is 11.5 Å². The van der Waals surface area contributed by atoms with Crippen molar-refractivity contribution in [2.24, 2.45) is 5.92 Å². The molecule has 2 rings (SSSR count). The van der Waals surface area contributed by atoms with Gasteiger partial charge in [0.15, 0.2) is 0 Å². The fraction of sp³-hybridized carbons (Fsp3) is 0.312. The van der Waals surface area contributed by atoms with Gasteiger partial charge in [0.05, 0.1) is 5.02 Å². The Hall–Kier alpha value is -0.740. The molecule has 5 heteroatoms. The summed E-state index contributed by atoms with van der Waals surface area (Å²) in [6, 6.07) is 9.85. The van der Waals surface area contributed by atoms with E-state index in [2.05, 4.69) is 36.3 Å². The lowest BCUT2D eigenvalue weighted by atomic mass is 10.2. The summed E-state index contributed by atoms with van der Waals surface area (Å²) in [6.45, 7) is 6.16. The highest BCUT2D eigenvalue weighted by molar-refractivity contribution is 7.99. The van der Waals surface area contributed by atoms with Gasteiger partial charge in [-0.2, -0.15) is 0 Å². The predicted molar refractivity (Wildman–Crippen MR) is 91.4 cm³/mol. The molecule has 2 aromatic rings. The summed E-state index contributed by atoms with van der Waals surface area (Å²) in [5.41, 5.74) is 1.12. The minimum atomic E-state index is 0.634. The van der Waals surface area contributed by atoms with Crippen LogP contribution in [0.15, 0.2) is 46.5 Å². The molecule has 0 unspecified atom stereocenters. The number of pyridine rings is 1. The van der Waals surface area contributed by atoms with Crippen molar-refractivity contribution >= 4 is 35.0 Å². The molecule has 1 heterocycles. The highest BCUT2D eigenvalue weighted by Gasteiger charge is 2.05. The van der Waals surface area contributed by atoms with E-state index in [0.717, 1.165) is 33.6 Å². The molecule has 0 saturated carbocycles. The fourth-order valence-corrected chi connectivity index (χ4v) is 2.99. The zero-order valence-corrected chi connectivity index (χ0v) is 14.4. The van der Waals surface area contributed by atoms with Crippen molar-refractivity contribution in [2.75, 3.05) is 6.54 Å². The van der Waals surface area contributed by atoms with Crippen LogP contribution < -0.4 is 5.32 Å². The van der Waals surface area contributed by atoms with Crippen LogP contribution in [-0.2, 0) is 6.54 Å². The first-order valence-corrected chi connectivity index (χ1v) is 8.40. The first-order chi connectivity index (χ1) is 10.0. The minimum absolute atomic E-state index is 0.634. The number of aromatic nitrogens is 1. The summed E-state index contributed by atoms with van der Waals surface area (Å²) in [4.78, 5) is 5.34. The van der Waals surface area contributed by atoms with Crippen LogP contribution in [0.4, 0.5) is 0 Å². The average molecular weight is 341 g/mol. The Kier molecular flexibility index (Phi) is 6.37. The number of nitrogens with one attached hydrogen (secondary N) is 1. The molecular weight excluding hydrogens is 323 g/mol. The van der Waals surface area contributed by atoms with Gasteiger partial charge in [-0.3, -0.25) is 0 Å². The van der Waals surface area contributed by atoms with Crippen molar-refractivity contribution < 1.29 is 0 Å². The SMILES string of the molecule is CC(C)CNCc1ccc(Sc2ccc(Cl)cn2)cc1Cl. The van der Waals surface area contributed by atoms with E-state index in [0.29, 0.717) is 10.9 Å². The molecular formula is C16H18Cl2N2S. The lowest BCUT2D eigenvalue weighted by Crippen LogP contribution is -2.19. The summed E-state index contributed by atoms with van der Waals surface area (Å²) in [5, 5.41) is 5.73. The number of rotatable bonds is 6. The van der Waals surface area contributed by atoms with Crippen molar-refractivity contribution in [3.63, 3.8) is 0 Å². The Balaban J connectivity index is 1.99. The molecule has 1 aromatic carbocycles. The lowest BCUT2D eigenvalue weighted by molar-refractivity contribution is 0.552. The molecule has 21 heavy (non-hydrogen) atoms. The normalized spacial score (nSPS) is 11.1. The van der Waals surface area contributed by atoms with Crippen molar-refractivity contribution in [3.8, 4) is 0 Å². The molecule has 0 aliphatic heterocycles. The highest BCUT2D eigenvalue weighted by atomic mass is 35.5. The zero-order valence-electron chi connectivity index (χ0n) is 12.1. The summed E-state index contributed by atoms with van der Waals surface area (Å²) < 4.78 is 0. The van der Waals surface area contributed by atoms with Gasteiger partial charge < -0.3 is 5.32 Å². The molecule has 1 aromatic heterocycles. The summed E-state index contributed by atoms with van der Waals surface area (Å²) >= 11 is 13.7. The third kappa shape index (κ3) is 5.51. The van der Waals surface area contributed by atoms with Gasteiger partial charge in [0.25, 0.3) is 0 Å². The average Bonchev–Trinajstić information content (AvgIpc) is 2.43. The van der Waals surface area contributed by atoms with Crippen molar-refractivity contribution in [3.05, 3.63) is 52.1 Å². The van der Waals surface area contributed by atoms with E-state index in [9.17, 15) is 0 Å². The lowest BCUT2D eigenvalue weighted by Gasteiger charge is -2.10. The molecule has 0 atom stereocenters. The van der Waals surface area contributed by atoms with E-state index in [-0.39, 0.29) is 0 Å². The van der Waals surface area contributed by atoms with Crippen LogP contribution >= 0.6 is 35.0 Å². The maximum atomic E-state index is 6.34. The van der Waals surface area contributed by atoms with Crippen molar-refractivity contribution in [2.45, 2.75) is 30.3 Å². The Labute approximate surface area is 140 Å². The van der Waals surface area contributed by atoms with Crippen LogP contribution in [0, 0.1) is 5.92 Å². The Morgan fingerprint density at radius 3 is 2.62 bits per heavy atom. The highest BCUT2D eigenvalue weighted by Crippen LogP contribution is 2.30. The Bertz CT molecular complexity index is 585. The molecule has 0 saturated heterocycles. The van der Waals surface area contributed by atoms with E-state index in [1.54, 1.807) is 18.0 Å². The van der Waals surface area contributed by atoms with Crippen molar-refractivity contribution in [1.82, 2.24) is 10.3 Å². The third-order valence-electron chi connectivity index (χ3n) is 2.82. The van der Waals surface area contributed by atoms with Gasteiger partial charge in [-0.05, 0) is 42.3 Å². The number of hydrogen-bond donors (Lipinski definition) is 1. The van der Waals surface area contributed by atoms with Gasteiger partial charge in [0.2, 0.25) is 0 Å². The van der Waals surface area contributed by atoms with E-state index in [1.165, 1.54) is 0 Å². The predicted octanol–water partition coefficient (Wildman–Crippen LogP) is 5.29. The van der Waals surface area contributed by atoms with Gasteiger partial charge in [-0.25, -0.2) is 4.98 Å². The standard InChI is InChI=1S/C16H18Cl2N2S/c1-11(2)8-19-9-12-3-5-14(7-15(12)18)21-16-6-4-13(17)10-20-16/h3-7,10-11,19H,8-9H2,1-2H3. The van der Waals surface area contributed by atoms with Crippen LogP contribution in [0.2, 0.25) is 10.0 Å². The molecule has 0 spiro atoms. The monoisotopic (exact) mass is 340 g/mol. The fourth-order valence-electron chi connectivity index (χ4n) is 1.77. The zero-order chi connectivity index (χ0) is 15.2. The van der Waals surface area contributed by atoms with Crippen molar-refractivity contribution in [1.29, 1.82) is 0 Å². The number of benzene rings is 1. The smallest absolute Gasteiger partial charge is 0.101 e. The van der Waals surface area contributed by atoms with E-state index in [4.69, 9.17) is 23.2 Å². The van der Waals surface area contributed by atoms with Gasteiger partial charge >= 0.3 is 0 Å². The molecule has 0 fully saturated rings. The molecule has 0 aliphatic rings. The maximum Gasteiger partial charge on any atom is 0.101 e. The molecule has 1 N–H and O–H groups in total. The van der Waals surface area contributed by atoms with Crippen LogP contribution in [0.1, 0.15) is 19.4 Å². The second-order valence-electron chi connectivity index (χ2n) is 5.19. The number of halogens is 2. The second-order valence-corrected chi connectivity index (χ2v) is 7.13. The third-order valence-corrected chi connectivity index (χ3v) is 4.33. The first-order valence-electron chi connectivity index (χ1n) is 6.83. The Morgan fingerprint density at radius 1 is 1.19 bits per heavy atom. The summed E-state index contributed by atoms with van der Waals surface area (Å²) in [6.07, 6.45) is 1.65. The molecule has 112 valence electrons. The molecule has 2 nitrogen and oxygen atoms in total. The minimum Gasteiger partial charge on any atom is -0.312 e. The van der Waals surface area contributed by atoms with Gasteiger partial charge in [0, 0.05) is 22.7 Å². The van der Waals surface area contributed by atoms with Crippen LogP contribution in [0.25, 0.3) is 0 Å². The summed E-state index contributed by atoms with van der Waals surface area (Å²) in [5.74, 6) is 0.634. The molecule has 0 bridgehead atoms. The van der Waals surface area contributed by atoms with Gasteiger partial charge in [-0.15, -0.1) is 0 Å². The Morgan fingerprint density at radius 2 is 2.00 bits per heavy atom. The largest absolute Gasteiger partial charge is 0.312 e. The number of nitrogens with zero attached hydrogens (tertiary/aromatic N) is 1. The molecule has 0 radical (unpaired) electrons. The molecule has 0 amide bonds. The van der Waals surface area contributed by atoms with Gasteiger partial charge in [-0.1, -0.05) is 54.9 Å². The van der Waals surface area contributed by atoms with Gasteiger partial charge in [0.1, 0.15) is 5.03 Å². The van der Waals surface area contributed by atoms with E-state index in [1.807, 2.05) is 18.2 Å². The summed E-state index contributed by atoms with van der Waals surface area (Å²) in [7, 11) is 0.